The highest BCUT2D eigenvalue weighted by atomic mass is 32.2. The molecule has 0 aromatic carbocycles. The van der Waals surface area contributed by atoms with Crippen molar-refractivity contribution >= 4 is 23.6 Å². The fourth-order valence-electron chi connectivity index (χ4n) is 2.79. The lowest BCUT2D eigenvalue weighted by molar-refractivity contribution is -0.151. The molecule has 19 heavy (non-hydrogen) atoms. The van der Waals surface area contributed by atoms with E-state index in [1.807, 2.05) is 0 Å². The molecule has 0 spiro atoms. The Balaban J connectivity index is 2.10. The Hall–Kier alpha value is -0.750. The molecule has 2 saturated heterocycles. The second kappa shape index (κ2) is 6.61. The highest BCUT2D eigenvalue weighted by Crippen LogP contribution is 2.34. The summed E-state index contributed by atoms with van der Waals surface area (Å²) in [6, 6.07) is -0.643. The summed E-state index contributed by atoms with van der Waals surface area (Å²) in [7, 11) is 0. The van der Waals surface area contributed by atoms with Crippen molar-refractivity contribution in [1.82, 2.24) is 10.2 Å². The molecule has 3 atom stereocenters. The molecule has 2 N–H and O–H groups in total. The van der Waals surface area contributed by atoms with Crippen LogP contribution >= 0.6 is 11.8 Å². The topological polar surface area (TPSA) is 69.6 Å². The van der Waals surface area contributed by atoms with Gasteiger partial charge in [0.05, 0.1) is 11.3 Å². The lowest BCUT2D eigenvalue weighted by atomic mass is 9.97. The van der Waals surface area contributed by atoms with Gasteiger partial charge in [-0.3, -0.25) is 4.79 Å². The van der Waals surface area contributed by atoms with Crippen LogP contribution in [0.25, 0.3) is 0 Å². The SMILES string of the molecule is CCCC1SCC(C(=O)O)N1C(=O)[C@@H]1CCCNC1. The van der Waals surface area contributed by atoms with Crippen molar-refractivity contribution in [2.24, 2.45) is 5.92 Å². The number of thioether (sulfide) groups is 1. The summed E-state index contributed by atoms with van der Waals surface area (Å²) in [6.07, 6.45) is 3.71. The molecule has 0 saturated carbocycles. The third-order valence-corrected chi connectivity index (χ3v) is 5.17. The number of piperidine rings is 1. The van der Waals surface area contributed by atoms with Gasteiger partial charge in [0, 0.05) is 12.3 Å². The molecule has 6 heteroatoms. The van der Waals surface area contributed by atoms with Crippen LogP contribution in [0, 0.1) is 5.92 Å². The van der Waals surface area contributed by atoms with E-state index in [4.69, 9.17) is 0 Å². The molecule has 2 aliphatic rings. The van der Waals surface area contributed by atoms with E-state index >= 15 is 0 Å². The summed E-state index contributed by atoms with van der Waals surface area (Å²) in [5.74, 6) is -0.369. The Morgan fingerprint density at radius 2 is 2.26 bits per heavy atom. The highest BCUT2D eigenvalue weighted by Gasteiger charge is 2.43. The molecular formula is C13H22N2O3S. The Morgan fingerprint density at radius 3 is 2.84 bits per heavy atom. The van der Waals surface area contributed by atoms with Crippen molar-refractivity contribution in [3.05, 3.63) is 0 Å². The van der Waals surface area contributed by atoms with Gasteiger partial charge in [0.25, 0.3) is 0 Å². The number of hydrogen-bond acceptors (Lipinski definition) is 4. The monoisotopic (exact) mass is 286 g/mol. The molecule has 0 radical (unpaired) electrons. The van der Waals surface area contributed by atoms with Crippen LogP contribution in [-0.2, 0) is 9.59 Å². The van der Waals surface area contributed by atoms with Gasteiger partial charge in [-0.15, -0.1) is 11.8 Å². The fraction of sp³-hybridized carbons (Fsp3) is 0.846. The van der Waals surface area contributed by atoms with Crippen molar-refractivity contribution < 1.29 is 14.7 Å². The molecule has 108 valence electrons. The van der Waals surface area contributed by atoms with E-state index in [9.17, 15) is 14.7 Å². The number of nitrogens with zero attached hydrogens (tertiary/aromatic N) is 1. The van der Waals surface area contributed by atoms with Gasteiger partial charge in [-0.25, -0.2) is 4.79 Å². The van der Waals surface area contributed by atoms with Gasteiger partial charge < -0.3 is 15.3 Å². The fourth-order valence-corrected chi connectivity index (χ4v) is 4.31. The number of hydrogen-bond donors (Lipinski definition) is 2. The van der Waals surface area contributed by atoms with E-state index in [1.165, 1.54) is 0 Å². The van der Waals surface area contributed by atoms with Crippen LogP contribution in [0.3, 0.4) is 0 Å². The van der Waals surface area contributed by atoms with Gasteiger partial charge in [-0.1, -0.05) is 13.3 Å². The summed E-state index contributed by atoms with van der Waals surface area (Å²) in [5, 5.41) is 12.6. The minimum absolute atomic E-state index is 0.0306. The molecule has 2 heterocycles. The molecule has 2 unspecified atom stereocenters. The average Bonchev–Trinajstić information content (AvgIpc) is 2.83. The van der Waals surface area contributed by atoms with Crippen molar-refractivity contribution in [1.29, 1.82) is 0 Å². The summed E-state index contributed by atoms with van der Waals surface area (Å²) in [5.41, 5.74) is 0. The molecule has 2 aliphatic heterocycles. The maximum absolute atomic E-state index is 12.6. The first-order chi connectivity index (χ1) is 9.15. The highest BCUT2D eigenvalue weighted by molar-refractivity contribution is 8.00. The largest absolute Gasteiger partial charge is 0.480 e. The zero-order valence-corrected chi connectivity index (χ0v) is 12.1. The average molecular weight is 286 g/mol. The van der Waals surface area contributed by atoms with E-state index < -0.39 is 12.0 Å². The van der Waals surface area contributed by atoms with Crippen LogP contribution in [0.1, 0.15) is 32.6 Å². The summed E-state index contributed by atoms with van der Waals surface area (Å²) in [4.78, 5) is 25.6. The first-order valence-electron chi connectivity index (χ1n) is 7.02. The Labute approximate surface area is 118 Å². The standard InChI is InChI=1S/C13H22N2O3S/c1-2-4-11-15(10(8-19-11)13(17)18)12(16)9-5-3-6-14-7-9/h9-11,14H,2-8H2,1H3,(H,17,18)/t9-,10?,11?/m1/s1. The van der Waals surface area contributed by atoms with Crippen LogP contribution < -0.4 is 5.32 Å². The van der Waals surface area contributed by atoms with Crippen molar-refractivity contribution in [2.45, 2.75) is 44.0 Å². The van der Waals surface area contributed by atoms with Crippen LogP contribution in [0.15, 0.2) is 0 Å². The summed E-state index contributed by atoms with van der Waals surface area (Å²) < 4.78 is 0. The molecule has 0 aromatic rings. The van der Waals surface area contributed by atoms with Gasteiger partial charge in [0.15, 0.2) is 0 Å². The predicted molar refractivity (Wildman–Crippen MR) is 75.0 cm³/mol. The number of carboxylic acids is 1. The maximum Gasteiger partial charge on any atom is 0.327 e. The normalized spacial score (nSPS) is 31.4. The first-order valence-corrected chi connectivity index (χ1v) is 8.07. The molecular weight excluding hydrogens is 264 g/mol. The second-order valence-corrected chi connectivity index (χ2v) is 6.43. The summed E-state index contributed by atoms with van der Waals surface area (Å²) >= 11 is 1.61. The van der Waals surface area contributed by atoms with Gasteiger partial charge >= 0.3 is 5.97 Å². The third-order valence-electron chi connectivity index (χ3n) is 3.81. The summed E-state index contributed by atoms with van der Waals surface area (Å²) in [6.45, 7) is 3.71. The number of aliphatic carboxylic acids is 1. The van der Waals surface area contributed by atoms with Crippen LogP contribution in [0.4, 0.5) is 0 Å². The van der Waals surface area contributed by atoms with E-state index in [1.54, 1.807) is 16.7 Å². The quantitative estimate of drug-likeness (QED) is 0.811. The van der Waals surface area contributed by atoms with E-state index in [2.05, 4.69) is 12.2 Å². The Morgan fingerprint density at radius 1 is 1.47 bits per heavy atom. The molecule has 5 nitrogen and oxygen atoms in total. The molecule has 2 rings (SSSR count). The van der Waals surface area contributed by atoms with E-state index in [-0.39, 0.29) is 17.2 Å². The van der Waals surface area contributed by atoms with Gasteiger partial charge in [-0.05, 0) is 25.8 Å². The van der Waals surface area contributed by atoms with Crippen LogP contribution in [-0.4, -0.2) is 52.1 Å². The van der Waals surface area contributed by atoms with E-state index in [0.29, 0.717) is 12.3 Å². The minimum Gasteiger partial charge on any atom is -0.480 e. The van der Waals surface area contributed by atoms with E-state index in [0.717, 1.165) is 32.2 Å². The third kappa shape index (κ3) is 3.23. The lowest BCUT2D eigenvalue weighted by Crippen LogP contribution is -2.50. The Kier molecular flexibility index (Phi) is 5.10. The number of nitrogens with one attached hydrogen (secondary N) is 1. The number of carbonyl (C=O) groups is 2. The molecule has 2 fully saturated rings. The number of carbonyl (C=O) groups excluding carboxylic acids is 1. The zero-order valence-electron chi connectivity index (χ0n) is 11.3. The second-order valence-electron chi connectivity index (χ2n) is 5.22. The Bertz CT molecular complexity index is 345. The number of rotatable bonds is 4. The van der Waals surface area contributed by atoms with Crippen molar-refractivity contribution in [3.63, 3.8) is 0 Å². The molecule has 0 bridgehead atoms. The molecule has 0 aliphatic carbocycles. The van der Waals surface area contributed by atoms with Gasteiger partial charge in [-0.2, -0.15) is 0 Å². The van der Waals surface area contributed by atoms with Crippen molar-refractivity contribution in [3.8, 4) is 0 Å². The smallest absolute Gasteiger partial charge is 0.327 e. The predicted octanol–water partition coefficient (Wildman–Crippen LogP) is 1.14. The van der Waals surface area contributed by atoms with Crippen molar-refractivity contribution in [2.75, 3.05) is 18.8 Å². The van der Waals surface area contributed by atoms with Gasteiger partial charge in [0.2, 0.25) is 5.91 Å². The number of carboxylic acid groups (broad SMARTS) is 1. The number of amides is 1. The molecule has 1 amide bonds. The minimum atomic E-state index is -0.872. The van der Waals surface area contributed by atoms with Crippen LogP contribution in [0.2, 0.25) is 0 Å². The van der Waals surface area contributed by atoms with Gasteiger partial charge in [0.1, 0.15) is 6.04 Å². The lowest BCUT2D eigenvalue weighted by Gasteiger charge is -2.32. The van der Waals surface area contributed by atoms with Crippen LogP contribution in [0.5, 0.6) is 0 Å². The first kappa shape index (κ1) is 14.7. The zero-order chi connectivity index (χ0) is 13.8. The molecule has 0 aromatic heterocycles. The maximum atomic E-state index is 12.6.